The topological polar surface area (TPSA) is 211 Å². The second-order valence-electron chi connectivity index (χ2n) is 8.50. The summed E-state index contributed by atoms with van der Waals surface area (Å²) in [5.41, 5.74) is -0.567. The molecular formula is C24H30N6O9. The maximum atomic E-state index is 12.3. The van der Waals surface area contributed by atoms with Gasteiger partial charge in [-0.05, 0) is 43.5 Å². The number of nitrogens with zero attached hydrogens (tertiary/aromatic N) is 4. The number of carbonyl (C=O) groups is 2. The van der Waals surface area contributed by atoms with Crippen LogP contribution in [0.1, 0.15) is 50.8 Å². The molecule has 0 saturated carbocycles. The molecule has 0 heterocycles. The average molecular weight is 547 g/mol. The molecule has 15 heteroatoms. The van der Waals surface area contributed by atoms with Gasteiger partial charge in [-0.1, -0.05) is 45.0 Å². The van der Waals surface area contributed by atoms with E-state index in [1.807, 2.05) is 39.0 Å². The van der Waals surface area contributed by atoms with Crippen LogP contribution >= 0.6 is 0 Å². The molecule has 0 radical (unpaired) electrons. The fourth-order valence-electron chi connectivity index (χ4n) is 4.34. The number of hydrogen-bond donors (Lipinski definition) is 3. The van der Waals surface area contributed by atoms with Crippen LogP contribution in [0.5, 0.6) is 5.75 Å². The van der Waals surface area contributed by atoms with Crippen molar-refractivity contribution in [3.05, 3.63) is 77.9 Å². The Hall–Kier alpha value is -4.66. The minimum absolute atomic E-state index is 0.00692. The lowest BCUT2D eigenvalue weighted by Gasteiger charge is -2.27. The van der Waals surface area contributed by atoms with Crippen LogP contribution in [0.15, 0.2) is 36.4 Å². The number of aromatic hydroxyl groups is 1. The van der Waals surface area contributed by atoms with Crippen LogP contribution in [0.25, 0.3) is 0 Å². The highest BCUT2D eigenvalue weighted by Gasteiger charge is 2.30. The third-order valence-corrected chi connectivity index (χ3v) is 6.28. The Kier molecular flexibility index (Phi) is 10.8. The lowest BCUT2D eigenvalue weighted by Crippen LogP contribution is -2.51. The summed E-state index contributed by atoms with van der Waals surface area (Å²) in [6.07, 6.45) is 2.54. The number of phenols is 1. The van der Waals surface area contributed by atoms with Crippen molar-refractivity contribution in [2.75, 3.05) is 13.1 Å². The van der Waals surface area contributed by atoms with E-state index in [2.05, 4.69) is 21.6 Å². The number of fused-ring (bicyclic) bond motifs is 1. The number of aryl methyl sites for hydroxylation is 1. The number of nitrogens with one attached hydrogen (secondary N) is 2. The minimum atomic E-state index is -1.21. The molecule has 3 rings (SSSR count). The standard InChI is InChI=1S/C18H27N3O2.C6H3N3O7/c1-4-16(21(5-2)6-3)17(22)20-18(23)19-15-12-11-13-9-7-8-10-14(13)15;10-6-4(8(13)14)1-3(7(11)12)2-5(6)9(15)16/h7-10,15-16H,4-6,11-12H2,1-3H3,(H2,19,20,22,23);1-2,10H. The van der Waals surface area contributed by atoms with Crippen molar-refractivity contribution in [3.63, 3.8) is 0 Å². The molecular weight excluding hydrogens is 516 g/mol. The van der Waals surface area contributed by atoms with Crippen molar-refractivity contribution in [1.82, 2.24) is 15.5 Å². The smallest absolute Gasteiger partial charge is 0.324 e. The van der Waals surface area contributed by atoms with E-state index in [0.29, 0.717) is 18.6 Å². The third kappa shape index (κ3) is 7.67. The highest BCUT2D eigenvalue weighted by atomic mass is 16.6. The van der Waals surface area contributed by atoms with Crippen molar-refractivity contribution < 1.29 is 29.5 Å². The molecule has 0 fully saturated rings. The zero-order valence-electron chi connectivity index (χ0n) is 21.7. The van der Waals surface area contributed by atoms with Gasteiger partial charge in [-0.15, -0.1) is 0 Å². The fraction of sp³-hybridized carbons (Fsp3) is 0.417. The van der Waals surface area contributed by atoms with Gasteiger partial charge in [0.15, 0.2) is 0 Å². The van der Waals surface area contributed by atoms with Gasteiger partial charge in [-0.3, -0.25) is 45.4 Å². The fourth-order valence-corrected chi connectivity index (χ4v) is 4.34. The molecule has 2 aromatic rings. The Morgan fingerprint density at radius 3 is 2.05 bits per heavy atom. The van der Waals surface area contributed by atoms with Gasteiger partial charge in [0, 0.05) is 0 Å². The van der Waals surface area contributed by atoms with Gasteiger partial charge in [0.05, 0.1) is 39.0 Å². The lowest BCUT2D eigenvalue weighted by atomic mass is 10.1. The molecule has 15 nitrogen and oxygen atoms in total. The number of phenolic OH excluding ortho intramolecular Hbond substituents is 1. The summed E-state index contributed by atoms with van der Waals surface area (Å²) in [5, 5.41) is 45.7. The van der Waals surface area contributed by atoms with E-state index in [0.717, 1.165) is 31.5 Å². The Balaban J connectivity index is 0.000000293. The predicted octanol–water partition coefficient (Wildman–Crippen LogP) is 3.74. The van der Waals surface area contributed by atoms with Crippen molar-refractivity contribution >= 4 is 29.0 Å². The minimum Gasteiger partial charge on any atom is -0.497 e. The first-order valence-electron chi connectivity index (χ1n) is 12.2. The van der Waals surface area contributed by atoms with E-state index in [1.165, 1.54) is 5.56 Å². The predicted molar refractivity (Wildman–Crippen MR) is 139 cm³/mol. The van der Waals surface area contributed by atoms with Crippen molar-refractivity contribution in [2.45, 2.75) is 52.1 Å². The number of hydrogen-bond acceptors (Lipinski definition) is 10. The van der Waals surface area contributed by atoms with Gasteiger partial charge in [0.25, 0.3) is 11.4 Å². The van der Waals surface area contributed by atoms with Crippen LogP contribution in [0.4, 0.5) is 21.9 Å². The molecule has 0 bridgehead atoms. The zero-order chi connectivity index (χ0) is 29.3. The second kappa shape index (κ2) is 13.8. The van der Waals surface area contributed by atoms with Gasteiger partial charge in [0.1, 0.15) is 0 Å². The maximum Gasteiger partial charge on any atom is 0.324 e. The largest absolute Gasteiger partial charge is 0.497 e. The van der Waals surface area contributed by atoms with Crippen molar-refractivity contribution in [3.8, 4) is 5.75 Å². The Morgan fingerprint density at radius 1 is 1.00 bits per heavy atom. The molecule has 0 spiro atoms. The second-order valence-corrected chi connectivity index (χ2v) is 8.50. The summed E-state index contributed by atoms with van der Waals surface area (Å²) in [5.74, 6) is -1.43. The first-order valence-corrected chi connectivity index (χ1v) is 12.2. The molecule has 3 amide bonds. The number of rotatable bonds is 9. The van der Waals surface area contributed by atoms with E-state index in [-0.39, 0.29) is 18.0 Å². The molecule has 2 unspecified atom stereocenters. The summed E-state index contributed by atoms with van der Waals surface area (Å²) in [6.45, 7) is 7.59. The highest BCUT2D eigenvalue weighted by Crippen LogP contribution is 2.39. The van der Waals surface area contributed by atoms with Crippen LogP contribution in [-0.4, -0.2) is 55.8 Å². The summed E-state index contributed by atoms with van der Waals surface area (Å²) in [6, 6.07) is 8.36. The molecule has 210 valence electrons. The van der Waals surface area contributed by atoms with Gasteiger partial charge in [-0.25, -0.2) is 4.79 Å². The number of likely N-dealkylation sites (N-methyl/N-ethyl adjacent to an activating group) is 1. The Labute approximate surface area is 223 Å². The van der Waals surface area contributed by atoms with Crippen LogP contribution in [-0.2, 0) is 11.2 Å². The molecule has 1 aliphatic carbocycles. The van der Waals surface area contributed by atoms with Crippen molar-refractivity contribution in [2.24, 2.45) is 0 Å². The summed E-state index contributed by atoms with van der Waals surface area (Å²) < 4.78 is 0. The van der Waals surface area contributed by atoms with Gasteiger partial charge < -0.3 is 10.4 Å². The quantitative estimate of drug-likeness (QED) is 0.306. The number of benzene rings is 2. The van der Waals surface area contributed by atoms with Gasteiger partial charge in [-0.2, -0.15) is 0 Å². The van der Waals surface area contributed by atoms with Crippen LogP contribution in [0.3, 0.4) is 0 Å². The zero-order valence-corrected chi connectivity index (χ0v) is 21.7. The van der Waals surface area contributed by atoms with Crippen LogP contribution < -0.4 is 10.6 Å². The number of amides is 3. The number of imide groups is 1. The normalized spacial score (nSPS) is 14.4. The summed E-state index contributed by atoms with van der Waals surface area (Å²) in [7, 11) is 0. The number of carbonyl (C=O) groups excluding carboxylic acids is 2. The molecule has 0 saturated heterocycles. The van der Waals surface area contributed by atoms with Gasteiger partial charge >= 0.3 is 17.4 Å². The average Bonchev–Trinajstić information content (AvgIpc) is 3.29. The van der Waals surface area contributed by atoms with E-state index in [9.17, 15) is 39.9 Å². The van der Waals surface area contributed by atoms with Crippen LogP contribution in [0.2, 0.25) is 0 Å². The van der Waals surface area contributed by atoms with E-state index in [1.54, 1.807) is 0 Å². The first kappa shape index (κ1) is 30.6. The molecule has 2 aromatic carbocycles. The van der Waals surface area contributed by atoms with Crippen LogP contribution in [0, 0.1) is 30.3 Å². The van der Waals surface area contributed by atoms with Crippen molar-refractivity contribution in [1.29, 1.82) is 0 Å². The molecule has 2 atom stereocenters. The Morgan fingerprint density at radius 2 is 1.56 bits per heavy atom. The number of nitro groups is 3. The summed E-state index contributed by atoms with van der Waals surface area (Å²) in [4.78, 5) is 54.4. The lowest BCUT2D eigenvalue weighted by molar-refractivity contribution is -0.404. The first-order chi connectivity index (χ1) is 18.4. The summed E-state index contributed by atoms with van der Waals surface area (Å²) >= 11 is 0. The number of nitro benzene ring substituents is 3. The maximum absolute atomic E-state index is 12.3. The molecule has 39 heavy (non-hydrogen) atoms. The molecule has 3 N–H and O–H groups in total. The molecule has 0 aromatic heterocycles. The molecule has 0 aliphatic heterocycles. The highest BCUT2D eigenvalue weighted by molar-refractivity contribution is 5.97. The number of urea groups is 1. The third-order valence-electron chi connectivity index (χ3n) is 6.28. The number of non-ortho nitro benzene ring substituents is 1. The SMILES string of the molecule is CCC(C(=O)NC(=O)NC1CCc2ccccc21)N(CC)CC.O=[N+]([O-])c1cc([N+](=O)[O-])c(O)c([N+](=O)[O-])c1. The Bertz CT molecular complexity index is 1210. The van der Waals surface area contributed by atoms with E-state index >= 15 is 0 Å². The monoisotopic (exact) mass is 546 g/mol. The van der Waals surface area contributed by atoms with E-state index in [4.69, 9.17) is 5.11 Å². The molecule has 1 aliphatic rings. The van der Waals surface area contributed by atoms with Gasteiger partial charge in [0.2, 0.25) is 5.91 Å². The van der Waals surface area contributed by atoms with E-state index < -0.39 is 43.6 Å².